The van der Waals surface area contributed by atoms with E-state index in [1.165, 1.54) is 0 Å². The molecule has 0 aliphatic heterocycles. The zero-order chi connectivity index (χ0) is 14.0. The lowest BCUT2D eigenvalue weighted by molar-refractivity contribution is 0.102. The zero-order valence-corrected chi connectivity index (χ0v) is 12.1. The molecule has 2 rings (SSSR count). The summed E-state index contributed by atoms with van der Waals surface area (Å²) in [6.45, 7) is 4.54. The van der Waals surface area contributed by atoms with Crippen molar-refractivity contribution in [3.8, 4) is 0 Å². The molecule has 1 N–H and O–H groups in total. The van der Waals surface area contributed by atoms with Crippen molar-refractivity contribution in [1.82, 2.24) is 9.78 Å². The number of aryl methyl sites for hydroxylation is 1. The molecule has 0 radical (unpaired) electrons. The number of halogens is 2. The molecule has 0 atom stereocenters. The van der Waals surface area contributed by atoms with Crippen LogP contribution in [-0.4, -0.2) is 15.7 Å². The molecule has 1 heterocycles. The van der Waals surface area contributed by atoms with Gasteiger partial charge in [0.05, 0.1) is 22.5 Å². The van der Waals surface area contributed by atoms with Gasteiger partial charge in [-0.05, 0) is 32.0 Å². The number of amides is 1. The number of anilines is 1. The van der Waals surface area contributed by atoms with E-state index < -0.39 is 0 Å². The minimum absolute atomic E-state index is 0.249. The number of nitrogens with zero attached hydrogens (tertiary/aromatic N) is 2. The van der Waals surface area contributed by atoms with Gasteiger partial charge in [-0.15, -0.1) is 0 Å². The minimum Gasteiger partial charge on any atom is -0.320 e. The van der Waals surface area contributed by atoms with Crippen LogP contribution in [0.1, 0.15) is 23.0 Å². The van der Waals surface area contributed by atoms with Crippen LogP contribution in [0.25, 0.3) is 0 Å². The standard InChI is InChI=1S/C13H13Cl2N3O/c1-3-18-8(2)10(7-16-18)13(19)17-12-6-9(14)4-5-11(12)15/h4-7H,3H2,1-2H3,(H,17,19). The molecule has 0 fully saturated rings. The Hall–Kier alpha value is -1.52. The van der Waals surface area contributed by atoms with Gasteiger partial charge in [-0.1, -0.05) is 23.2 Å². The van der Waals surface area contributed by atoms with E-state index in [1.54, 1.807) is 29.1 Å². The molecule has 0 unspecified atom stereocenters. The Bertz CT molecular complexity index is 622. The Kier molecular flexibility index (Phi) is 4.12. The fourth-order valence-electron chi connectivity index (χ4n) is 1.77. The van der Waals surface area contributed by atoms with Crippen LogP contribution in [0, 0.1) is 6.92 Å². The normalized spacial score (nSPS) is 10.5. The number of carbonyl (C=O) groups is 1. The number of hydrogen-bond donors (Lipinski definition) is 1. The van der Waals surface area contributed by atoms with E-state index in [4.69, 9.17) is 23.2 Å². The van der Waals surface area contributed by atoms with E-state index in [0.29, 0.717) is 21.3 Å². The van der Waals surface area contributed by atoms with Gasteiger partial charge in [0.1, 0.15) is 0 Å². The maximum Gasteiger partial charge on any atom is 0.259 e. The highest BCUT2D eigenvalue weighted by Crippen LogP contribution is 2.26. The fourth-order valence-corrected chi connectivity index (χ4v) is 2.11. The molecule has 0 aliphatic carbocycles. The molecule has 0 bridgehead atoms. The van der Waals surface area contributed by atoms with Crippen LogP contribution in [0.5, 0.6) is 0 Å². The van der Waals surface area contributed by atoms with Crippen molar-refractivity contribution in [2.75, 3.05) is 5.32 Å². The molecule has 0 spiro atoms. The van der Waals surface area contributed by atoms with Gasteiger partial charge in [0.15, 0.2) is 0 Å². The summed E-state index contributed by atoms with van der Waals surface area (Å²) >= 11 is 11.9. The summed E-state index contributed by atoms with van der Waals surface area (Å²) in [6.07, 6.45) is 1.55. The fraction of sp³-hybridized carbons (Fsp3) is 0.231. The first-order valence-corrected chi connectivity index (χ1v) is 6.57. The lowest BCUT2D eigenvalue weighted by Crippen LogP contribution is -2.13. The van der Waals surface area contributed by atoms with Gasteiger partial charge in [-0.2, -0.15) is 5.10 Å². The monoisotopic (exact) mass is 297 g/mol. The lowest BCUT2D eigenvalue weighted by atomic mass is 10.2. The van der Waals surface area contributed by atoms with Crippen LogP contribution in [-0.2, 0) is 6.54 Å². The Balaban J connectivity index is 2.25. The summed E-state index contributed by atoms with van der Waals surface area (Å²) in [4.78, 5) is 12.2. The molecule has 19 heavy (non-hydrogen) atoms. The highest BCUT2D eigenvalue weighted by molar-refractivity contribution is 6.35. The average molecular weight is 298 g/mol. The van der Waals surface area contributed by atoms with Gasteiger partial charge in [0.2, 0.25) is 0 Å². The van der Waals surface area contributed by atoms with Gasteiger partial charge < -0.3 is 5.32 Å². The topological polar surface area (TPSA) is 46.9 Å². The molecular formula is C13H13Cl2N3O. The Morgan fingerprint density at radius 3 is 2.79 bits per heavy atom. The summed E-state index contributed by atoms with van der Waals surface area (Å²) in [7, 11) is 0. The third-order valence-electron chi connectivity index (χ3n) is 2.82. The van der Waals surface area contributed by atoms with Crippen molar-refractivity contribution < 1.29 is 4.79 Å². The quantitative estimate of drug-likeness (QED) is 0.937. The van der Waals surface area contributed by atoms with Crippen LogP contribution in [0.15, 0.2) is 24.4 Å². The predicted molar refractivity (Wildman–Crippen MR) is 77.1 cm³/mol. The van der Waals surface area contributed by atoms with Gasteiger partial charge in [0, 0.05) is 17.3 Å². The minimum atomic E-state index is -0.249. The second-order valence-corrected chi connectivity index (χ2v) is 4.88. The first kappa shape index (κ1) is 13.9. The van der Waals surface area contributed by atoms with E-state index >= 15 is 0 Å². The smallest absolute Gasteiger partial charge is 0.259 e. The number of nitrogens with one attached hydrogen (secondary N) is 1. The molecule has 2 aromatic rings. The van der Waals surface area contributed by atoms with Crippen molar-refractivity contribution in [3.63, 3.8) is 0 Å². The number of carbonyl (C=O) groups excluding carboxylic acids is 1. The first-order chi connectivity index (χ1) is 9.02. The molecular weight excluding hydrogens is 285 g/mol. The summed E-state index contributed by atoms with van der Waals surface area (Å²) < 4.78 is 1.76. The molecule has 0 aliphatic rings. The second-order valence-electron chi connectivity index (χ2n) is 4.04. The lowest BCUT2D eigenvalue weighted by Gasteiger charge is -2.07. The van der Waals surface area contributed by atoms with Gasteiger partial charge in [-0.3, -0.25) is 9.48 Å². The second kappa shape index (κ2) is 5.63. The number of aromatic nitrogens is 2. The molecule has 0 saturated carbocycles. The highest BCUT2D eigenvalue weighted by atomic mass is 35.5. The van der Waals surface area contributed by atoms with Gasteiger partial charge in [-0.25, -0.2) is 0 Å². The predicted octanol–water partition coefficient (Wildman–Crippen LogP) is 3.77. The number of hydrogen-bond acceptors (Lipinski definition) is 2. The van der Waals surface area contributed by atoms with Crippen LogP contribution in [0.2, 0.25) is 10.0 Å². The van der Waals surface area contributed by atoms with Crippen LogP contribution < -0.4 is 5.32 Å². The van der Waals surface area contributed by atoms with Crippen molar-refractivity contribution in [2.24, 2.45) is 0 Å². The molecule has 1 aromatic carbocycles. The molecule has 0 saturated heterocycles. The Morgan fingerprint density at radius 1 is 1.42 bits per heavy atom. The molecule has 1 amide bonds. The Morgan fingerprint density at radius 2 is 2.16 bits per heavy atom. The van der Waals surface area contributed by atoms with E-state index in [0.717, 1.165) is 12.2 Å². The highest BCUT2D eigenvalue weighted by Gasteiger charge is 2.15. The van der Waals surface area contributed by atoms with Crippen LogP contribution in [0.4, 0.5) is 5.69 Å². The van der Waals surface area contributed by atoms with Gasteiger partial charge >= 0.3 is 0 Å². The summed E-state index contributed by atoms with van der Waals surface area (Å²) in [6, 6.07) is 4.92. The third-order valence-corrected chi connectivity index (χ3v) is 3.39. The number of rotatable bonds is 3. The molecule has 6 heteroatoms. The SMILES string of the molecule is CCn1ncc(C(=O)Nc2cc(Cl)ccc2Cl)c1C. The first-order valence-electron chi connectivity index (χ1n) is 5.81. The largest absolute Gasteiger partial charge is 0.320 e. The van der Waals surface area contributed by atoms with E-state index in [-0.39, 0.29) is 5.91 Å². The van der Waals surface area contributed by atoms with Crippen LogP contribution >= 0.6 is 23.2 Å². The third kappa shape index (κ3) is 2.91. The molecule has 100 valence electrons. The van der Waals surface area contributed by atoms with Crippen LogP contribution in [0.3, 0.4) is 0 Å². The molecule has 4 nitrogen and oxygen atoms in total. The summed E-state index contributed by atoms with van der Waals surface area (Å²) in [5, 5.41) is 7.83. The zero-order valence-electron chi connectivity index (χ0n) is 10.6. The van der Waals surface area contributed by atoms with Crippen molar-refractivity contribution in [1.29, 1.82) is 0 Å². The van der Waals surface area contributed by atoms with Crippen molar-refractivity contribution in [2.45, 2.75) is 20.4 Å². The maximum absolute atomic E-state index is 12.2. The summed E-state index contributed by atoms with van der Waals surface area (Å²) in [5.41, 5.74) is 1.83. The van der Waals surface area contributed by atoms with E-state index in [9.17, 15) is 4.79 Å². The number of benzene rings is 1. The average Bonchev–Trinajstić information content (AvgIpc) is 2.75. The van der Waals surface area contributed by atoms with Crippen molar-refractivity contribution in [3.05, 3.63) is 45.7 Å². The Labute approximate surface area is 121 Å². The molecule has 1 aromatic heterocycles. The maximum atomic E-state index is 12.2. The van der Waals surface area contributed by atoms with E-state index in [2.05, 4.69) is 10.4 Å². The van der Waals surface area contributed by atoms with E-state index in [1.807, 2.05) is 13.8 Å². The summed E-state index contributed by atoms with van der Waals surface area (Å²) in [5.74, 6) is -0.249. The van der Waals surface area contributed by atoms with Gasteiger partial charge in [0.25, 0.3) is 5.91 Å². The van der Waals surface area contributed by atoms with Crippen molar-refractivity contribution >= 4 is 34.8 Å².